The molecule has 0 bridgehead atoms. The Morgan fingerprint density at radius 1 is 1.37 bits per heavy atom. The van der Waals surface area contributed by atoms with Gasteiger partial charge in [-0.25, -0.2) is 8.42 Å². The van der Waals surface area contributed by atoms with Crippen molar-refractivity contribution in [3.05, 3.63) is 30.1 Å². The molecule has 6 heteroatoms. The van der Waals surface area contributed by atoms with Crippen LogP contribution in [0.5, 0.6) is 0 Å². The van der Waals surface area contributed by atoms with Crippen LogP contribution in [0.15, 0.2) is 29.3 Å². The monoisotopic (exact) mass is 283 g/mol. The molecule has 0 aromatic carbocycles. The van der Waals surface area contributed by atoms with E-state index < -0.39 is 10.0 Å². The van der Waals surface area contributed by atoms with E-state index in [2.05, 4.69) is 5.32 Å². The number of nitrogens with zero attached hydrogens (tertiary/aromatic N) is 2. The van der Waals surface area contributed by atoms with Crippen molar-refractivity contribution in [2.24, 2.45) is 0 Å². The fraction of sp³-hybridized carbons (Fsp3) is 0.538. The van der Waals surface area contributed by atoms with E-state index in [9.17, 15) is 8.42 Å². The second-order valence-corrected chi connectivity index (χ2v) is 6.54. The third-order valence-electron chi connectivity index (χ3n) is 3.32. The van der Waals surface area contributed by atoms with E-state index >= 15 is 0 Å². The third-order valence-corrected chi connectivity index (χ3v) is 5.15. The Balaban J connectivity index is 2.32. The minimum atomic E-state index is -3.36. The van der Waals surface area contributed by atoms with Gasteiger partial charge in [0.2, 0.25) is 10.0 Å². The highest BCUT2D eigenvalue weighted by Gasteiger charge is 2.26. The first-order chi connectivity index (χ1) is 9.09. The Hall–Kier alpha value is -1.11. The molecular weight excluding hydrogens is 262 g/mol. The Bertz CT molecular complexity index is 560. The van der Waals surface area contributed by atoms with Crippen molar-refractivity contribution < 1.29 is 8.42 Å². The van der Waals surface area contributed by atoms with Crippen LogP contribution < -0.4 is 5.32 Å². The molecule has 0 atom stereocenters. The summed E-state index contributed by atoms with van der Waals surface area (Å²) in [4.78, 5) is 0.398. The molecule has 1 aliphatic rings. The number of nitrogens with one attached hydrogen (secondary N) is 1. The largest absolute Gasteiger partial charge is 0.349 e. The van der Waals surface area contributed by atoms with Gasteiger partial charge in [-0.1, -0.05) is 12.2 Å². The Morgan fingerprint density at radius 2 is 2.16 bits per heavy atom. The number of hydrogen-bond donors (Lipinski definition) is 1. The molecule has 2 heterocycles. The first kappa shape index (κ1) is 14.3. The molecular formula is C13H21N3O2S. The van der Waals surface area contributed by atoms with E-state index in [0.717, 1.165) is 18.7 Å². The molecule has 0 saturated carbocycles. The van der Waals surface area contributed by atoms with E-state index in [4.69, 9.17) is 0 Å². The lowest BCUT2D eigenvalue weighted by Gasteiger charge is -2.21. The summed E-state index contributed by atoms with van der Waals surface area (Å²) in [6.45, 7) is 4.49. The molecule has 0 saturated heterocycles. The van der Waals surface area contributed by atoms with Crippen molar-refractivity contribution in [2.45, 2.75) is 31.3 Å². The summed E-state index contributed by atoms with van der Waals surface area (Å²) in [6.07, 6.45) is 6.46. The number of hydrogen-bond acceptors (Lipinski definition) is 3. The maximum Gasteiger partial charge on any atom is 0.244 e. The van der Waals surface area contributed by atoms with Crippen LogP contribution >= 0.6 is 0 Å². The zero-order valence-electron chi connectivity index (χ0n) is 11.5. The van der Waals surface area contributed by atoms with Gasteiger partial charge in [0.25, 0.3) is 0 Å². The standard InChI is InChI=1S/C13H21N3O2S/c1-3-15-11-13(9-12(15)10-14-2)19(17,18)16-7-5-4-6-8-16/h4-5,9,11,14H,3,6-8,10H2,1-2H3. The molecule has 1 N–H and O–H groups in total. The average Bonchev–Trinajstić information content (AvgIpc) is 2.84. The Morgan fingerprint density at radius 3 is 2.74 bits per heavy atom. The molecule has 0 aliphatic carbocycles. The van der Waals surface area contributed by atoms with E-state index in [1.807, 2.05) is 30.7 Å². The van der Waals surface area contributed by atoms with Gasteiger partial charge in [0.1, 0.15) is 4.90 Å². The van der Waals surface area contributed by atoms with E-state index in [0.29, 0.717) is 24.5 Å². The third kappa shape index (κ3) is 2.91. The van der Waals surface area contributed by atoms with Crippen molar-refractivity contribution in [1.29, 1.82) is 0 Å². The SMILES string of the molecule is CCn1cc(S(=O)(=O)N2CC=CCC2)cc1CNC. The number of rotatable bonds is 5. The summed E-state index contributed by atoms with van der Waals surface area (Å²) in [6, 6.07) is 1.77. The van der Waals surface area contributed by atoms with Crippen LogP contribution in [0.4, 0.5) is 0 Å². The average molecular weight is 283 g/mol. The molecule has 106 valence electrons. The predicted molar refractivity (Wildman–Crippen MR) is 75.4 cm³/mol. The molecule has 0 unspecified atom stereocenters. The Kier molecular flexibility index (Phi) is 4.44. The second-order valence-electron chi connectivity index (χ2n) is 4.61. The van der Waals surface area contributed by atoms with E-state index in [-0.39, 0.29) is 0 Å². The number of aryl methyl sites for hydroxylation is 1. The molecule has 5 nitrogen and oxygen atoms in total. The molecule has 1 aromatic heterocycles. The first-order valence-electron chi connectivity index (χ1n) is 6.58. The quantitative estimate of drug-likeness (QED) is 0.826. The van der Waals surface area contributed by atoms with Crippen molar-refractivity contribution in [1.82, 2.24) is 14.2 Å². The maximum atomic E-state index is 12.5. The molecule has 1 aliphatic heterocycles. The fourth-order valence-corrected chi connectivity index (χ4v) is 3.75. The zero-order chi connectivity index (χ0) is 13.9. The predicted octanol–water partition coefficient (Wildman–Crippen LogP) is 1.18. The summed E-state index contributed by atoms with van der Waals surface area (Å²) in [5, 5.41) is 3.06. The highest BCUT2D eigenvalue weighted by atomic mass is 32.2. The van der Waals surface area contributed by atoms with Crippen LogP contribution in [-0.2, 0) is 23.1 Å². The normalized spacial score (nSPS) is 16.9. The molecule has 0 amide bonds. The van der Waals surface area contributed by atoms with Crippen molar-refractivity contribution in [2.75, 3.05) is 20.1 Å². The van der Waals surface area contributed by atoms with Gasteiger partial charge in [0.05, 0.1) is 0 Å². The lowest BCUT2D eigenvalue weighted by Crippen LogP contribution is -2.33. The van der Waals surface area contributed by atoms with Gasteiger partial charge in [-0.3, -0.25) is 0 Å². The van der Waals surface area contributed by atoms with Gasteiger partial charge in [-0.05, 0) is 26.5 Å². The molecule has 19 heavy (non-hydrogen) atoms. The van der Waals surface area contributed by atoms with Crippen molar-refractivity contribution in [3.8, 4) is 0 Å². The van der Waals surface area contributed by atoms with E-state index in [1.54, 1.807) is 12.3 Å². The summed E-state index contributed by atoms with van der Waals surface area (Å²) < 4.78 is 28.6. The highest BCUT2D eigenvalue weighted by Crippen LogP contribution is 2.21. The van der Waals surface area contributed by atoms with Gasteiger partial charge < -0.3 is 9.88 Å². The van der Waals surface area contributed by atoms with Crippen LogP contribution in [0, 0.1) is 0 Å². The summed E-state index contributed by atoms with van der Waals surface area (Å²) in [5.41, 5.74) is 0.996. The Labute approximate surface area is 115 Å². The molecule has 0 spiro atoms. The van der Waals surface area contributed by atoms with Gasteiger partial charge in [-0.2, -0.15) is 4.31 Å². The van der Waals surface area contributed by atoms with Crippen LogP contribution in [0.25, 0.3) is 0 Å². The minimum Gasteiger partial charge on any atom is -0.349 e. The molecule has 0 radical (unpaired) electrons. The van der Waals surface area contributed by atoms with Crippen LogP contribution in [0.1, 0.15) is 19.0 Å². The lowest BCUT2D eigenvalue weighted by molar-refractivity contribution is 0.437. The summed E-state index contributed by atoms with van der Waals surface area (Å²) in [7, 11) is -1.50. The molecule has 2 rings (SSSR count). The fourth-order valence-electron chi connectivity index (χ4n) is 2.28. The summed E-state index contributed by atoms with van der Waals surface area (Å²) in [5.74, 6) is 0. The molecule has 0 fully saturated rings. The van der Waals surface area contributed by atoms with Gasteiger partial charge in [-0.15, -0.1) is 0 Å². The molecule has 1 aromatic rings. The highest BCUT2D eigenvalue weighted by molar-refractivity contribution is 7.89. The topological polar surface area (TPSA) is 54.3 Å². The zero-order valence-corrected chi connectivity index (χ0v) is 12.3. The van der Waals surface area contributed by atoms with Gasteiger partial charge >= 0.3 is 0 Å². The number of sulfonamides is 1. The minimum absolute atomic E-state index is 0.398. The van der Waals surface area contributed by atoms with Crippen LogP contribution in [-0.4, -0.2) is 37.4 Å². The van der Waals surface area contributed by atoms with Gasteiger partial charge in [0.15, 0.2) is 0 Å². The van der Waals surface area contributed by atoms with Crippen molar-refractivity contribution >= 4 is 10.0 Å². The smallest absolute Gasteiger partial charge is 0.244 e. The van der Waals surface area contributed by atoms with Crippen molar-refractivity contribution in [3.63, 3.8) is 0 Å². The second kappa shape index (κ2) is 5.90. The van der Waals surface area contributed by atoms with E-state index in [1.165, 1.54) is 4.31 Å². The summed E-state index contributed by atoms with van der Waals surface area (Å²) >= 11 is 0. The number of aromatic nitrogens is 1. The maximum absolute atomic E-state index is 12.5. The first-order valence-corrected chi connectivity index (χ1v) is 8.02. The van der Waals surface area contributed by atoms with Crippen LogP contribution in [0.3, 0.4) is 0 Å². The van der Waals surface area contributed by atoms with Crippen LogP contribution in [0.2, 0.25) is 0 Å². The van der Waals surface area contributed by atoms with Gasteiger partial charge in [0, 0.05) is 38.1 Å². The lowest BCUT2D eigenvalue weighted by atomic mass is 10.3.